The van der Waals surface area contributed by atoms with Crippen molar-refractivity contribution in [2.75, 3.05) is 18.5 Å². The van der Waals surface area contributed by atoms with E-state index in [1.54, 1.807) is 6.92 Å². The molecule has 1 aliphatic rings. The quantitative estimate of drug-likeness (QED) is 0.936. The topological polar surface area (TPSA) is 30.5 Å². The Labute approximate surface area is 121 Å². The third kappa shape index (κ3) is 2.63. The van der Waals surface area contributed by atoms with Crippen molar-refractivity contribution in [3.05, 3.63) is 53.1 Å². The molecule has 0 atom stereocenters. The number of hydrogen-bond donors (Lipinski definition) is 1. The molecule has 3 rings (SSSR count). The standard InChI is InChI=1S/C16H15F2NO2/c1-10-5-6-12(17)15(14(10)18)19-9-11-3-2-4-13-16(11)21-8-7-20-13/h2-6,19H,7-9H2,1H3. The minimum absolute atomic E-state index is 0.121. The van der Waals surface area contributed by atoms with Crippen molar-refractivity contribution in [3.8, 4) is 11.5 Å². The highest BCUT2D eigenvalue weighted by Gasteiger charge is 2.17. The molecule has 21 heavy (non-hydrogen) atoms. The van der Waals surface area contributed by atoms with Crippen LogP contribution in [0.4, 0.5) is 14.5 Å². The number of nitrogens with one attached hydrogen (secondary N) is 1. The van der Waals surface area contributed by atoms with Gasteiger partial charge in [0, 0.05) is 12.1 Å². The first kappa shape index (κ1) is 13.7. The molecule has 0 amide bonds. The number of halogens is 2. The van der Waals surface area contributed by atoms with Crippen LogP contribution < -0.4 is 14.8 Å². The van der Waals surface area contributed by atoms with Crippen molar-refractivity contribution < 1.29 is 18.3 Å². The van der Waals surface area contributed by atoms with Crippen LogP contribution in [0.25, 0.3) is 0 Å². The lowest BCUT2D eigenvalue weighted by Gasteiger charge is -2.21. The molecule has 1 aliphatic heterocycles. The Morgan fingerprint density at radius 2 is 1.90 bits per heavy atom. The first-order chi connectivity index (χ1) is 10.2. The van der Waals surface area contributed by atoms with Gasteiger partial charge in [-0.3, -0.25) is 0 Å². The van der Waals surface area contributed by atoms with Crippen LogP contribution in [0.2, 0.25) is 0 Å². The zero-order valence-corrected chi connectivity index (χ0v) is 11.6. The fourth-order valence-corrected chi connectivity index (χ4v) is 2.28. The molecule has 1 N–H and O–H groups in total. The Kier molecular flexibility index (Phi) is 3.64. The molecule has 0 fully saturated rings. The van der Waals surface area contributed by atoms with Crippen molar-refractivity contribution in [1.29, 1.82) is 0 Å². The van der Waals surface area contributed by atoms with Crippen LogP contribution in [0.15, 0.2) is 30.3 Å². The average molecular weight is 291 g/mol. The maximum Gasteiger partial charge on any atom is 0.166 e. The Balaban J connectivity index is 1.85. The highest BCUT2D eigenvalue weighted by Crippen LogP contribution is 2.34. The summed E-state index contributed by atoms with van der Waals surface area (Å²) in [5, 5.41) is 2.80. The monoisotopic (exact) mass is 291 g/mol. The Hall–Kier alpha value is -2.30. The van der Waals surface area contributed by atoms with E-state index < -0.39 is 11.6 Å². The molecule has 0 unspecified atom stereocenters. The van der Waals surface area contributed by atoms with Crippen molar-refractivity contribution in [1.82, 2.24) is 0 Å². The van der Waals surface area contributed by atoms with Gasteiger partial charge in [-0.25, -0.2) is 8.78 Å². The second-order valence-corrected chi connectivity index (χ2v) is 4.85. The Morgan fingerprint density at radius 1 is 1.10 bits per heavy atom. The van der Waals surface area contributed by atoms with Gasteiger partial charge in [-0.15, -0.1) is 0 Å². The van der Waals surface area contributed by atoms with E-state index in [9.17, 15) is 8.78 Å². The summed E-state index contributed by atoms with van der Waals surface area (Å²) in [5.41, 5.74) is 1.07. The van der Waals surface area contributed by atoms with Crippen molar-refractivity contribution in [2.24, 2.45) is 0 Å². The summed E-state index contributed by atoms with van der Waals surface area (Å²) in [6.07, 6.45) is 0. The minimum Gasteiger partial charge on any atom is -0.486 e. The molecule has 0 bridgehead atoms. The molecule has 2 aromatic rings. The molecule has 1 heterocycles. The molecule has 3 nitrogen and oxygen atoms in total. The molecular formula is C16H15F2NO2. The Bertz CT molecular complexity index is 674. The molecule has 0 saturated carbocycles. The predicted molar refractivity (Wildman–Crippen MR) is 75.9 cm³/mol. The lowest BCUT2D eigenvalue weighted by molar-refractivity contribution is 0.170. The van der Waals surface area contributed by atoms with Gasteiger partial charge in [0.05, 0.1) is 0 Å². The minimum atomic E-state index is -0.611. The maximum atomic E-state index is 13.9. The summed E-state index contributed by atoms with van der Waals surface area (Å²) in [6.45, 7) is 2.83. The molecule has 0 radical (unpaired) electrons. The van der Waals surface area contributed by atoms with Crippen LogP contribution in [0.3, 0.4) is 0 Å². The van der Waals surface area contributed by atoms with Crippen molar-refractivity contribution in [3.63, 3.8) is 0 Å². The third-order valence-corrected chi connectivity index (χ3v) is 3.39. The first-order valence-electron chi connectivity index (χ1n) is 6.73. The summed E-state index contributed by atoms with van der Waals surface area (Å²) in [6, 6.07) is 8.14. The zero-order valence-electron chi connectivity index (χ0n) is 11.6. The third-order valence-electron chi connectivity index (χ3n) is 3.39. The summed E-state index contributed by atoms with van der Waals surface area (Å²) >= 11 is 0. The number of benzene rings is 2. The number of hydrogen-bond acceptors (Lipinski definition) is 3. The molecule has 2 aromatic carbocycles. The van der Waals surface area contributed by atoms with E-state index in [1.807, 2.05) is 18.2 Å². The fraction of sp³-hybridized carbons (Fsp3) is 0.250. The maximum absolute atomic E-state index is 13.9. The summed E-state index contributed by atoms with van der Waals surface area (Å²) < 4.78 is 38.7. The van der Waals surface area contributed by atoms with E-state index in [2.05, 4.69) is 5.32 Å². The van der Waals surface area contributed by atoms with E-state index >= 15 is 0 Å². The van der Waals surface area contributed by atoms with Crippen LogP contribution in [-0.2, 0) is 6.54 Å². The molecule has 5 heteroatoms. The van der Waals surface area contributed by atoms with Gasteiger partial charge in [-0.05, 0) is 24.6 Å². The lowest BCUT2D eigenvalue weighted by atomic mass is 10.1. The van der Waals surface area contributed by atoms with E-state index in [0.717, 1.165) is 5.56 Å². The van der Waals surface area contributed by atoms with Gasteiger partial charge in [0.2, 0.25) is 0 Å². The molecular weight excluding hydrogens is 276 g/mol. The van der Waals surface area contributed by atoms with Gasteiger partial charge >= 0.3 is 0 Å². The lowest BCUT2D eigenvalue weighted by Crippen LogP contribution is -2.17. The van der Waals surface area contributed by atoms with Crippen LogP contribution in [0.1, 0.15) is 11.1 Å². The summed E-state index contributed by atoms with van der Waals surface area (Å²) in [7, 11) is 0. The van der Waals surface area contributed by atoms with E-state index in [4.69, 9.17) is 9.47 Å². The van der Waals surface area contributed by atoms with Crippen molar-refractivity contribution >= 4 is 5.69 Å². The average Bonchev–Trinajstić information content (AvgIpc) is 2.51. The van der Waals surface area contributed by atoms with Gasteiger partial charge in [-0.2, -0.15) is 0 Å². The SMILES string of the molecule is Cc1ccc(F)c(NCc2cccc3c2OCCO3)c1F. The van der Waals surface area contributed by atoms with Gasteiger partial charge < -0.3 is 14.8 Å². The van der Waals surface area contributed by atoms with Gasteiger partial charge in [0.15, 0.2) is 17.3 Å². The number of rotatable bonds is 3. The molecule has 0 spiro atoms. The number of para-hydroxylation sites is 1. The summed E-state index contributed by atoms with van der Waals surface area (Å²) in [4.78, 5) is 0. The van der Waals surface area contributed by atoms with E-state index in [0.29, 0.717) is 30.3 Å². The Morgan fingerprint density at radius 3 is 2.76 bits per heavy atom. The second-order valence-electron chi connectivity index (χ2n) is 4.85. The molecule has 0 aromatic heterocycles. The molecule has 0 saturated heterocycles. The number of aryl methyl sites for hydroxylation is 1. The van der Waals surface area contributed by atoms with Crippen molar-refractivity contribution in [2.45, 2.75) is 13.5 Å². The van der Waals surface area contributed by atoms with Gasteiger partial charge in [0.25, 0.3) is 0 Å². The van der Waals surface area contributed by atoms with E-state index in [-0.39, 0.29) is 12.2 Å². The van der Waals surface area contributed by atoms with Crippen LogP contribution in [0, 0.1) is 18.6 Å². The largest absolute Gasteiger partial charge is 0.486 e. The predicted octanol–water partition coefficient (Wildman–Crippen LogP) is 3.66. The molecule has 0 aliphatic carbocycles. The number of anilines is 1. The van der Waals surface area contributed by atoms with Gasteiger partial charge in [0.1, 0.15) is 24.7 Å². The first-order valence-corrected chi connectivity index (χ1v) is 6.73. The summed E-state index contributed by atoms with van der Waals surface area (Å²) in [5.74, 6) is 0.104. The van der Waals surface area contributed by atoms with Crippen LogP contribution in [-0.4, -0.2) is 13.2 Å². The highest BCUT2D eigenvalue weighted by atomic mass is 19.1. The number of fused-ring (bicyclic) bond motifs is 1. The second kappa shape index (κ2) is 5.60. The van der Waals surface area contributed by atoms with Gasteiger partial charge in [-0.1, -0.05) is 18.2 Å². The normalized spacial score (nSPS) is 13.1. The van der Waals surface area contributed by atoms with Crippen LogP contribution >= 0.6 is 0 Å². The van der Waals surface area contributed by atoms with E-state index in [1.165, 1.54) is 12.1 Å². The highest BCUT2D eigenvalue weighted by molar-refractivity contribution is 5.52. The van der Waals surface area contributed by atoms with Crippen LogP contribution in [0.5, 0.6) is 11.5 Å². The molecule has 110 valence electrons. The smallest absolute Gasteiger partial charge is 0.166 e. The fourth-order valence-electron chi connectivity index (χ4n) is 2.28. The zero-order chi connectivity index (χ0) is 14.8. The number of ether oxygens (including phenoxy) is 2.